The number of hydrogen-bond acceptors (Lipinski definition) is 6. The average Bonchev–Trinajstić information content (AvgIpc) is 2.99. The third-order valence-electron chi connectivity index (χ3n) is 3.33. The lowest BCUT2D eigenvalue weighted by Gasteiger charge is -2.35. The Balaban J connectivity index is 1.92. The van der Waals surface area contributed by atoms with Crippen molar-refractivity contribution in [1.82, 2.24) is 13.6 Å². The second-order valence-electron chi connectivity index (χ2n) is 4.67. The Morgan fingerprint density at radius 3 is 2.65 bits per heavy atom. The fourth-order valence-corrected chi connectivity index (χ4v) is 4.18. The van der Waals surface area contributed by atoms with Crippen LogP contribution in [0.25, 0.3) is 0 Å². The molecule has 0 saturated carbocycles. The van der Waals surface area contributed by atoms with Crippen LogP contribution in [0.15, 0.2) is 11.6 Å². The van der Waals surface area contributed by atoms with Gasteiger partial charge in [0.15, 0.2) is 5.13 Å². The summed E-state index contributed by atoms with van der Waals surface area (Å²) < 4.78 is 27.7. The largest absolute Gasteiger partial charge is 0.345 e. The van der Waals surface area contributed by atoms with Crippen LogP contribution in [0.2, 0.25) is 0 Å². The number of hydrogen-bond donors (Lipinski definition) is 1. The summed E-state index contributed by atoms with van der Waals surface area (Å²) in [7, 11) is -1.75. The molecule has 0 unspecified atom stereocenters. The van der Waals surface area contributed by atoms with Crippen molar-refractivity contribution in [2.45, 2.75) is 6.42 Å². The Bertz CT molecular complexity index is 497. The molecular formula is C11H21N5O2S2. The lowest BCUT2D eigenvalue weighted by molar-refractivity contribution is 0.341. The van der Waals surface area contributed by atoms with Crippen molar-refractivity contribution in [3.05, 3.63) is 11.6 Å². The lowest BCUT2D eigenvalue weighted by Crippen LogP contribution is -2.52. The quantitative estimate of drug-likeness (QED) is 0.784. The molecule has 0 aromatic carbocycles. The zero-order valence-corrected chi connectivity index (χ0v) is 13.2. The van der Waals surface area contributed by atoms with E-state index in [-0.39, 0.29) is 0 Å². The van der Waals surface area contributed by atoms with Gasteiger partial charge < -0.3 is 10.6 Å². The third-order valence-corrected chi connectivity index (χ3v) is 6.15. The van der Waals surface area contributed by atoms with Crippen LogP contribution in [0, 0.1) is 0 Å². The highest BCUT2D eigenvalue weighted by Gasteiger charge is 2.30. The summed E-state index contributed by atoms with van der Waals surface area (Å²) in [4.78, 5) is 6.38. The van der Waals surface area contributed by atoms with Gasteiger partial charge in [0, 0.05) is 51.3 Å². The number of anilines is 1. The first kappa shape index (κ1) is 15.6. The summed E-state index contributed by atoms with van der Waals surface area (Å²) in [6, 6.07) is 0. The van der Waals surface area contributed by atoms with Gasteiger partial charge in [0.25, 0.3) is 10.2 Å². The fourth-order valence-electron chi connectivity index (χ4n) is 2.11. The molecule has 1 aromatic rings. The molecule has 1 aromatic heterocycles. The molecule has 20 heavy (non-hydrogen) atoms. The van der Waals surface area contributed by atoms with Crippen LogP contribution >= 0.6 is 11.3 Å². The van der Waals surface area contributed by atoms with Crippen LogP contribution in [0.1, 0.15) is 6.42 Å². The van der Waals surface area contributed by atoms with Gasteiger partial charge in [-0.25, -0.2) is 4.98 Å². The van der Waals surface area contributed by atoms with Crippen molar-refractivity contribution in [3.8, 4) is 0 Å². The number of nitrogens with two attached hydrogens (primary N) is 1. The van der Waals surface area contributed by atoms with Gasteiger partial charge in [-0.15, -0.1) is 11.3 Å². The zero-order valence-electron chi connectivity index (χ0n) is 11.6. The minimum Gasteiger partial charge on any atom is -0.345 e. The first-order valence-electron chi connectivity index (χ1n) is 6.61. The summed E-state index contributed by atoms with van der Waals surface area (Å²) >= 11 is 1.58. The number of nitrogens with zero attached hydrogens (tertiary/aromatic N) is 4. The van der Waals surface area contributed by atoms with Gasteiger partial charge >= 0.3 is 0 Å². The highest BCUT2D eigenvalue weighted by Crippen LogP contribution is 2.20. The van der Waals surface area contributed by atoms with Crippen LogP contribution in [0.5, 0.6) is 0 Å². The number of thiazole rings is 1. The standard InChI is InChI=1S/C11H21N5O2S2/c1-14(5-2-3-12)20(17,18)16-8-6-15(7-9-16)11-13-4-10-19-11/h4,10H,2-3,5-9,12H2,1H3. The number of piperazine rings is 1. The molecular weight excluding hydrogens is 298 g/mol. The van der Waals surface area contributed by atoms with E-state index in [1.54, 1.807) is 24.6 Å². The van der Waals surface area contributed by atoms with E-state index >= 15 is 0 Å². The summed E-state index contributed by atoms with van der Waals surface area (Å²) in [5.74, 6) is 0. The molecule has 0 spiro atoms. The number of rotatable bonds is 6. The summed E-state index contributed by atoms with van der Waals surface area (Å²) in [5.41, 5.74) is 5.42. The van der Waals surface area contributed by atoms with Crippen LogP contribution < -0.4 is 10.6 Å². The summed E-state index contributed by atoms with van der Waals surface area (Å²) in [5, 5.41) is 2.89. The van der Waals surface area contributed by atoms with E-state index in [0.717, 1.165) is 5.13 Å². The monoisotopic (exact) mass is 319 g/mol. The van der Waals surface area contributed by atoms with Crippen molar-refractivity contribution in [1.29, 1.82) is 0 Å². The maximum absolute atomic E-state index is 12.4. The molecule has 0 bridgehead atoms. The van der Waals surface area contributed by atoms with Gasteiger partial charge in [0.1, 0.15) is 0 Å². The molecule has 2 heterocycles. The molecule has 0 aliphatic carbocycles. The minimum absolute atomic E-state index is 0.464. The highest BCUT2D eigenvalue weighted by atomic mass is 32.2. The molecule has 0 amide bonds. The van der Waals surface area contributed by atoms with E-state index in [4.69, 9.17) is 5.73 Å². The highest BCUT2D eigenvalue weighted by molar-refractivity contribution is 7.86. The molecule has 7 nitrogen and oxygen atoms in total. The Morgan fingerprint density at radius 1 is 1.40 bits per heavy atom. The molecule has 2 N–H and O–H groups in total. The van der Waals surface area contributed by atoms with Crippen LogP contribution in [0.3, 0.4) is 0 Å². The fraction of sp³-hybridized carbons (Fsp3) is 0.727. The van der Waals surface area contributed by atoms with Gasteiger partial charge in [0.2, 0.25) is 0 Å². The molecule has 2 rings (SSSR count). The van der Waals surface area contributed by atoms with Gasteiger partial charge in [-0.05, 0) is 13.0 Å². The molecule has 1 saturated heterocycles. The van der Waals surface area contributed by atoms with Crippen molar-refractivity contribution < 1.29 is 8.42 Å². The van der Waals surface area contributed by atoms with E-state index in [1.807, 2.05) is 5.38 Å². The van der Waals surface area contributed by atoms with Crippen LogP contribution in [-0.2, 0) is 10.2 Å². The van der Waals surface area contributed by atoms with Crippen molar-refractivity contribution in [2.75, 3.05) is 51.2 Å². The maximum atomic E-state index is 12.4. The van der Waals surface area contributed by atoms with Gasteiger partial charge in [0.05, 0.1) is 0 Å². The SMILES string of the molecule is CN(CCCN)S(=O)(=O)N1CCN(c2nccs2)CC1. The van der Waals surface area contributed by atoms with E-state index < -0.39 is 10.2 Å². The predicted molar refractivity (Wildman–Crippen MR) is 81.1 cm³/mol. The van der Waals surface area contributed by atoms with Crippen molar-refractivity contribution in [2.24, 2.45) is 5.73 Å². The Kier molecular flexibility index (Phi) is 5.33. The molecule has 1 aliphatic rings. The zero-order chi connectivity index (χ0) is 14.6. The molecule has 114 valence electrons. The van der Waals surface area contributed by atoms with E-state index in [0.29, 0.717) is 45.7 Å². The molecule has 9 heteroatoms. The number of aromatic nitrogens is 1. The van der Waals surface area contributed by atoms with Gasteiger partial charge in [-0.2, -0.15) is 17.0 Å². The summed E-state index contributed by atoms with van der Waals surface area (Å²) in [6.07, 6.45) is 2.44. The first-order valence-corrected chi connectivity index (χ1v) is 8.89. The van der Waals surface area contributed by atoms with E-state index in [2.05, 4.69) is 9.88 Å². The van der Waals surface area contributed by atoms with Crippen LogP contribution in [-0.4, -0.2) is 68.3 Å². The van der Waals surface area contributed by atoms with E-state index in [9.17, 15) is 8.42 Å². The third kappa shape index (κ3) is 3.47. The summed E-state index contributed by atoms with van der Waals surface area (Å²) in [6.45, 7) is 3.31. The lowest BCUT2D eigenvalue weighted by atomic mass is 10.4. The molecule has 1 aliphatic heterocycles. The average molecular weight is 319 g/mol. The normalized spacial score (nSPS) is 17.9. The Morgan fingerprint density at radius 2 is 2.10 bits per heavy atom. The van der Waals surface area contributed by atoms with Crippen LogP contribution in [0.4, 0.5) is 5.13 Å². The second-order valence-corrected chi connectivity index (χ2v) is 7.58. The molecule has 0 radical (unpaired) electrons. The van der Waals surface area contributed by atoms with Gasteiger partial charge in [-0.3, -0.25) is 0 Å². The van der Waals surface area contributed by atoms with Crippen molar-refractivity contribution in [3.63, 3.8) is 0 Å². The molecule has 0 atom stereocenters. The smallest absolute Gasteiger partial charge is 0.281 e. The Labute approximate surface area is 124 Å². The van der Waals surface area contributed by atoms with Crippen molar-refractivity contribution >= 4 is 26.7 Å². The topological polar surface area (TPSA) is 82.8 Å². The first-order chi connectivity index (χ1) is 9.55. The molecule has 1 fully saturated rings. The Hall–Kier alpha value is -0.740. The second kappa shape index (κ2) is 6.81. The minimum atomic E-state index is -3.36. The maximum Gasteiger partial charge on any atom is 0.281 e. The van der Waals surface area contributed by atoms with E-state index in [1.165, 1.54) is 8.61 Å². The van der Waals surface area contributed by atoms with Gasteiger partial charge in [-0.1, -0.05) is 0 Å². The predicted octanol–water partition coefficient (Wildman–Crippen LogP) is -0.209.